The molecule has 3 aliphatic rings. The number of unbranched alkanes of at least 4 members (excludes halogenated alkanes) is 1. The number of fused-ring (bicyclic) bond motifs is 1. The molecular weight excluding hydrogens is 446 g/mol. The van der Waals surface area contributed by atoms with Gasteiger partial charge in [0, 0.05) is 44.1 Å². The summed E-state index contributed by atoms with van der Waals surface area (Å²) in [5.41, 5.74) is 2.55. The Balaban J connectivity index is 1.18. The molecule has 1 aliphatic carbocycles. The Labute approximate surface area is 205 Å². The lowest BCUT2D eigenvalue weighted by Crippen LogP contribution is -2.47. The number of pyridine rings is 1. The van der Waals surface area contributed by atoms with E-state index < -0.39 is 17.4 Å². The number of nitrogens with one attached hydrogen (secondary N) is 3. The SMILES string of the molecule is N#CC1=C(C2(C(=O)NC(CCOCCCCc3ccc4c(n3)NCCC4)C(=O)O)CC2)NCC=C1. The number of allylic oxidation sites excluding steroid dienone is 2. The third-order valence-electron chi connectivity index (χ3n) is 6.81. The summed E-state index contributed by atoms with van der Waals surface area (Å²) in [6.07, 6.45) is 9.80. The molecule has 1 aromatic rings. The van der Waals surface area contributed by atoms with Crippen LogP contribution in [0.15, 0.2) is 35.6 Å². The molecule has 0 saturated heterocycles. The highest BCUT2D eigenvalue weighted by Crippen LogP contribution is 2.52. The number of amides is 1. The number of carboxylic acid groups (broad SMARTS) is 1. The van der Waals surface area contributed by atoms with Crippen molar-refractivity contribution in [2.45, 2.75) is 57.4 Å². The van der Waals surface area contributed by atoms with Crippen LogP contribution in [0.4, 0.5) is 5.82 Å². The Hall–Kier alpha value is -3.38. The molecule has 0 bridgehead atoms. The van der Waals surface area contributed by atoms with E-state index in [1.54, 1.807) is 6.08 Å². The molecule has 186 valence electrons. The van der Waals surface area contributed by atoms with Gasteiger partial charge in [-0.2, -0.15) is 5.26 Å². The number of aliphatic carboxylic acids is 1. The minimum atomic E-state index is -1.09. The monoisotopic (exact) mass is 479 g/mol. The average Bonchev–Trinajstić information content (AvgIpc) is 3.69. The predicted octanol–water partition coefficient (Wildman–Crippen LogP) is 2.46. The van der Waals surface area contributed by atoms with Crippen LogP contribution in [0, 0.1) is 16.7 Å². The standard InChI is InChI=1S/C26H33N5O4/c27-17-19-6-4-13-28-22(19)26(11-12-26)25(34)31-21(24(32)33)10-16-35-15-2-1-7-20-9-8-18-5-3-14-29-23(18)30-20/h4,6,8-9,21,28H,1-3,5,7,10-16H2,(H,29,30)(H,31,34)(H,32,33). The molecule has 1 unspecified atom stereocenters. The van der Waals surface area contributed by atoms with Crippen LogP contribution in [-0.4, -0.2) is 54.3 Å². The Kier molecular flexibility index (Phi) is 8.03. The van der Waals surface area contributed by atoms with Gasteiger partial charge in [0.2, 0.25) is 5.91 Å². The van der Waals surface area contributed by atoms with Gasteiger partial charge in [0.25, 0.3) is 0 Å². The van der Waals surface area contributed by atoms with Gasteiger partial charge in [-0.3, -0.25) is 4.79 Å². The van der Waals surface area contributed by atoms with Gasteiger partial charge in [-0.25, -0.2) is 9.78 Å². The summed E-state index contributed by atoms with van der Waals surface area (Å²) >= 11 is 0. The lowest BCUT2D eigenvalue weighted by atomic mass is 9.94. The van der Waals surface area contributed by atoms with Crippen molar-refractivity contribution in [2.75, 3.05) is 31.6 Å². The largest absolute Gasteiger partial charge is 0.480 e. The van der Waals surface area contributed by atoms with E-state index >= 15 is 0 Å². The zero-order valence-electron chi connectivity index (χ0n) is 19.9. The lowest BCUT2D eigenvalue weighted by molar-refractivity contribution is -0.143. The molecule has 3 heterocycles. The van der Waals surface area contributed by atoms with Gasteiger partial charge < -0.3 is 25.8 Å². The Morgan fingerprint density at radius 1 is 1.26 bits per heavy atom. The normalized spacial score (nSPS) is 18.5. The van der Waals surface area contributed by atoms with E-state index in [4.69, 9.17) is 9.72 Å². The van der Waals surface area contributed by atoms with E-state index in [9.17, 15) is 20.0 Å². The van der Waals surface area contributed by atoms with Gasteiger partial charge in [0.15, 0.2) is 0 Å². The fourth-order valence-corrected chi connectivity index (χ4v) is 4.63. The highest BCUT2D eigenvalue weighted by molar-refractivity contribution is 5.92. The van der Waals surface area contributed by atoms with E-state index in [0.717, 1.165) is 50.2 Å². The average molecular weight is 480 g/mol. The second kappa shape index (κ2) is 11.4. The number of carboxylic acids is 1. The Morgan fingerprint density at radius 2 is 2.11 bits per heavy atom. The number of aromatic nitrogens is 1. The molecule has 1 aromatic heterocycles. The summed E-state index contributed by atoms with van der Waals surface area (Å²) in [6, 6.07) is 5.34. The molecule has 0 spiro atoms. The van der Waals surface area contributed by atoms with E-state index in [2.05, 4.69) is 34.2 Å². The summed E-state index contributed by atoms with van der Waals surface area (Å²) in [5.74, 6) is -0.422. The number of rotatable bonds is 12. The molecule has 1 saturated carbocycles. The third-order valence-corrected chi connectivity index (χ3v) is 6.81. The molecular formula is C26H33N5O4. The maximum atomic E-state index is 13.0. The zero-order chi connectivity index (χ0) is 24.7. The van der Waals surface area contributed by atoms with E-state index in [-0.39, 0.29) is 18.9 Å². The molecule has 1 amide bonds. The van der Waals surface area contributed by atoms with Crippen molar-refractivity contribution in [1.82, 2.24) is 15.6 Å². The maximum Gasteiger partial charge on any atom is 0.326 e. The molecule has 35 heavy (non-hydrogen) atoms. The predicted molar refractivity (Wildman–Crippen MR) is 130 cm³/mol. The molecule has 0 radical (unpaired) electrons. The Morgan fingerprint density at radius 3 is 2.89 bits per heavy atom. The van der Waals surface area contributed by atoms with E-state index in [0.29, 0.717) is 37.3 Å². The van der Waals surface area contributed by atoms with Crippen LogP contribution in [0.1, 0.15) is 49.8 Å². The van der Waals surface area contributed by atoms with Crippen LogP contribution in [0.5, 0.6) is 0 Å². The second-order valence-electron chi connectivity index (χ2n) is 9.33. The van der Waals surface area contributed by atoms with Crippen LogP contribution in [0.25, 0.3) is 0 Å². The number of anilines is 1. The summed E-state index contributed by atoms with van der Waals surface area (Å²) in [6.45, 7) is 2.30. The topological polar surface area (TPSA) is 136 Å². The summed E-state index contributed by atoms with van der Waals surface area (Å²) < 4.78 is 5.66. The first kappa shape index (κ1) is 24.7. The van der Waals surface area contributed by atoms with Gasteiger partial charge >= 0.3 is 5.97 Å². The minimum absolute atomic E-state index is 0.187. The molecule has 9 heteroatoms. The number of ether oxygens (including phenoxy) is 1. The van der Waals surface area contributed by atoms with Crippen LogP contribution in [-0.2, 0) is 27.2 Å². The van der Waals surface area contributed by atoms with Crippen LogP contribution in [0.2, 0.25) is 0 Å². The van der Waals surface area contributed by atoms with Crippen molar-refractivity contribution >= 4 is 17.7 Å². The van der Waals surface area contributed by atoms with Gasteiger partial charge in [-0.1, -0.05) is 12.1 Å². The molecule has 4 rings (SSSR count). The number of hydrogen-bond acceptors (Lipinski definition) is 7. The number of hydrogen-bond donors (Lipinski definition) is 4. The Bertz CT molecular complexity index is 1050. The summed E-state index contributed by atoms with van der Waals surface area (Å²) in [4.78, 5) is 29.4. The first-order valence-electron chi connectivity index (χ1n) is 12.4. The number of carbonyl (C=O) groups excluding carboxylic acids is 1. The summed E-state index contributed by atoms with van der Waals surface area (Å²) in [7, 11) is 0. The molecule has 4 N–H and O–H groups in total. The number of nitrogens with zero attached hydrogens (tertiary/aromatic N) is 2. The smallest absolute Gasteiger partial charge is 0.326 e. The highest BCUT2D eigenvalue weighted by Gasteiger charge is 2.55. The first-order valence-corrected chi connectivity index (χ1v) is 12.4. The van der Waals surface area contributed by atoms with Crippen molar-refractivity contribution in [3.63, 3.8) is 0 Å². The summed E-state index contributed by atoms with van der Waals surface area (Å²) in [5, 5.41) is 28.1. The van der Waals surface area contributed by atoms with Gasteiger partial charge in [-0.05, 0) is 62.7 Å². The zero-order valence-corrected chi connectivity index (χ0v) is 19.9. The molecule has 9 nitrogen and oxygen atoms in total. The van der Waals surface area contributed by atoms with Crippen molar-refractivity contribution in [1.29, 1.82) is 5.26 Å². The third kappa shape index (κ3) is 6.01. The van der Waals surface area contributed by atoms with Crippen LogP contribution < -0.4 is 16.0 Å². The van der Waals surface area contributed by atoms with Gasteiger partial charge in [0.1, 0.15) is 17.9 Å². The van der Waals surface area contributed by atoms with Crippen molar-refractivity contribution in [3.05, 3.63) is 46.8 Å². The molecule has 1 atom stereocenters. The van der Waals surface area contributed by atoms with Crippen LogP contribution >= 0.6 is 0 Å². The molecule has 2 aliphatic heterocycles. The van der Waals surface area contributed by atoms with Crippen molar-refractivity contribution in [3.8, 4) is 6.07 Å². The van der Waals surface area contributed by atoms with E-state index in [1.807, 2.05) is 6.08 Å². The first-order chi connectivity index (χ1) is 17.0. The van der Waals surface area contributed by atoms with Crippen molar-refractivity contribution < 1.29 is 19.4 Å². The number of dihydropyridines is 1. The van der Waals surface area contributed by atoms with Gasteiger partial charge in [0.05, 0.1) is 11.0 Å². The molecule has 1 fully saturated rings. The molecule has 0 aromatic carbocycles. The lowest BCUT2D eigenvalue weighted by Gasteiger charge is -2.25. The second-order valence-corrected chi connectivity index (χ2v) is 9.33. The number of nitriles is 1. The quantitative estimate of drug-likeness (QED) is 0.336. The van der Waals surface area contributed by atoms with Gasteiger partial charge in [-0.15, -0.1) is 0 Å². The minimum Gasteiger partial charge on any atom is -0.480 e. The number of aryl methyl sites for hydroxylation is 2. The fraction of sp³-hybridized carbons (Fsp3) is 0.538. The van der Waals surface area contributed by atoms with E-state index in [1.165, 1.54) is 5.56 Å². The highest BCUT2D eigenvalue weighted by atomic mass is 16.5. The van der Waals surface area contributed by atoms with Crippen LogP contribution in [0.3, 0.4) is 0 Å². The maximum absolute atomic E-state index is 13.0. The fourth-order valence-electron chi connectivity index (χ4n) is 4.63. The van der Waals surface area contributed by atoms with Crippen molar-refractivity contribution in [2.24, 2.45) is 5.41 Å². The number of carbonyl (C=O) groups is 2.